The van der Waals surface area contributed by atoms with Crippen molar-refractivity contribution in [2.45, 2.75) is 40.2 Å². The third-order valence-corrected chi connectivity index (χ3v) is 1.90. The summed E-state index contributed by atoms with van der Waals surface area (Å²) in [6.45, 7) is 9.96. The Morgan fingerprint density at radius 1 is 1.09 bits per heavy atom. The van der Waals surface area contributed by atoms with Gasteiger partial charge in [-0.15, -0.1) is 0 Å². The Kier molecular flexibility index (Phi) is 3.81. The van der Waals surface area contributed by atoms with Crippen LogP contribution in [-0.2, 0) is 0 Å². The molecule has 0 heterocycles. The molecule has 0 spiro atoms. The standard InChI is InChI=1S/C10H20O/c1-8(2)6-7-9(3)10(4,5)11/h6-9,11H,1-5H3/b7-6+. The molecule has 0 saturated heterocycles. The average Bonchev–Trinajstić information content (AvgIpc) is 1.80. The van der Waals surface area contributed by atoms with Gasteiger partial charge in [0.1, 0.15) is 0 Å². The number of allylic oxidation sites excluding steroid dienone is 1. The van der Waals surface area contributed by atoms with Crippen LogP contribution in [0.25, 0.3) is 0 Å². The van der Waals surface area contributed by atoms with Gasteiger partial charge in [-0.2, -0.15) is 0 Å². The molecule has 66 valence electrons. The summed E-state index contributed by atoms with van der Waals surface area (Å²) in [5.41, 5.74) is -0.592. The van der Waals surface area contributed by atoms with Crippen molar-refractivity contribution in [1.29, 1.82) is 0 Å². The summed E-state index contributed by atoms with van der Waals surface area (Å²) in [6.07, 6.45) is 4.20. The van der Waals surface area contributed by atoms with E-state index >= 15 is 0 Å². The van der Waals surface area contributed by atoms with E-state index in [1.54, 1.807) is 0 Å². The van der Waals surface area contributed by atoms with Gasteiger partial charge in [0.2, 0.25) is 0 Å². The van der Waals surface area contributed by atoms with E-state index in [4.69, 9.17) is 0 Å². The van der Waals surface area contributed by atoms with Crippen LogP contribution in [0.4, 0.5) is 0 Å². The lowest BCUT2D eigenvalue weighted by Crippen LogP contribution is -2.26. The molecule has 0 fully saturated rings. The molecule has 0 bridgehead atoms. The summed E-state index contributed by atoms with van der Waals surface area (Å²) in [6, 6.07) is 0. The van der Waals surface area contributed by atoms with Gasteiger partial charge in [0.15, 0.2) is 0 Å². The molecule has 0 aromatic rings. The zero-order valence-corrected chi connectivity index (χ0v) is 8.26. The third kappa shape index (κ3) is 5.02. The minimum absolute atomic E-state index is 0.227. The molecule has 1 heteroatoms. The molecule has 0 saturated carbocycles. The fourth-order valence-electron chi connectivity index (χ4n) is 0.624. The van der Waals surface area contributed by atoms with Gasteiger partial charge in [-0.1, -0.05) is 32.9 Å². The van der Waals surface area contributed by atoms with Crippen LogP contribution in [0.2, 0.25) is 0 Å². The van der Waals surface area contributed by atoms with Crippen LogP contribution in [0.3, 0.4) is 0 Å². The van der Waals surface area contributed by atoms with Crippen LogP contribution in [0.15, 0.2) is 12.2 Å². The first kappa shape index (κ1) is 10.7. The Morgan fingerprint density at radius 3 is 1.82 bits per heavy atom. The van der Waals surface area contributed by atoms with Gasteiger partial charge >= 0.3 is 0 Å². The highest BCUT2D eigenvalue weighted by molar-refractivity contribution is 4.94. The van der Waals surface area contributed by atoms with Crippen LogP contribution in [-0.4, -0.2) is 10.7 Å². The van der Waals surface area contributed by atoms with E-state index in [2.05, 4.69) is 26.0 Å². The first-order valence-corrected chi connectivity index (χ1v) is 4.24. The van der Waals surface area contributed by atoms with Crippen LogP contribution in [0.5, 0.6) is 0 Å². The SMILES string of the molecule is CC(C)/C=C/C(C)C(C)(C)O. The molecule has 1 unspecified atom stereocenters. The molecular formula is C10H20O. The maximum atomic E-state index is 9.55. The number of aliphatic hydroxyl groups is 1. The van der Waals surface area contributed by atoms with Gasteiger partial charge in [-0.3, -0.25) is 0 Å². The Labute approximate surface area is 70.1 Å². The van der Waals surface area contributed by atoms with Crippen LogP contribution in [0.1, 0.15) is 34.6 Å². The van der Waals surface area contributed by atoms with Gasteiger partial charge < -0.3 is 5.11 Å². The third-order valence-electron chi connectivity index (χ3n) is 1.90. The van der Waals surface area contributed by atoms with Gasteiger partial charge in [-0.25, -0.2) is 0 Å². The molecule has 0 aromatic carbocycles. The highest BCUT2D eigenvalue weighted by atomic mass is 16.3. The van der Waals surface area contributed by atoms with Gasteiger partial charge in [-0.05, 0) is 19.8 Å². The quantitative estimate of drug-likeness (QED) is 0.623. The van der Waals surface area contributed by atoms with E-state index in [-0.39, 0.29) is 5.92 Å². The fourth-order valence-corrected chi connectivity index (χ4v) is 0.624. The van der Waals surface area contributed by atoms with Crippen molar-refractivity contribution >= 4 is 0 Å². The molecule has 11 heavy (non-hydrogen) atoms. The first-order chi connectivity index (χ1) is 4.84. The summed E-state index contributed by atoms with van der Waals surface area (Å²) in [4.78, 5) is 0. The zero-order valence-electron chi connectivity index (χ0n) is 8.26. The Balaban J connectivity index is 3.97. The molecular weight excluding hydrogens is 136 g/mol. The normalized spacial score (nSPS) is 16.3. The van der Waals surface area contributed by atoms with Gasteiger partial charge in [0.05, 0.1) is 5.60 Å². The van der Waals surface area contributed by atoms with Crippen molar-refractivity contribution in [2.24, 2.45) is 11.8 Å². The molecule has 0 aromatic heterocycles. The highest BCUT2D eigenvalue weighted by Crippen LogP contribution is 2.17. The summed E-state index contributed by atoms with van der Waals surface area (Å²) < 4.78 is 0. The van der Waals surface area contributed by atoms with Crippen LogP contribution in [0, 0.1) is 11.8 Å². The topological polar surface area (TPSA) is 20.2 Å². The fraction of sp³-hybridized carbons (Fsp3) is 0.800. The molecule has 0 rings (SSSR count). The lowest BCUT2D eigenvalue weighted by Gasteiger charge is -2.22. The lowest BCUT2D eigenvalue weighted by molar-refractivity contribution is 0.0439. The number of hydrogen-bond donors (Lipinski definition) is 1. The van der Waals surface area contributed by atoms with Crippen molar-refractivity contribution in [3.8, 4) is 0 Å². The summed E-state index contributed by atoms with van der Waals surface area (Å²) in [5.74, 6) is 0.796. The second-order valence-corrected chi connectivity index (χ2v) is 4.07. The zero-order chi connectivity index (χ0) is 9.07. The molecule has 0 amide bonds. The molecule has 0 radical (unpaired) electrons. The molecule has 1 N–H and O–H groups in total. The minimum Gasteiger partial charge on any atom is -0.390 e. The molecule has 1 nitrogen and oxygen atoms in total. The van der Waals surface area contributed by atoms with E-state index in [1.165, 1.54) is 0 Å². The minimum atomic E-state index is -0.592. The van der Waals surface area contributed by atoms with Gasteiger partial charge in [0, 0.05) is 5.92 Å². The van der Waals surface area contributed by atoms with E-state index in [0.717, 1.165) is 0 Å². The maximum Gasteiger partial charge on any atom is 0.0651 e. The maximum absolute atomic E-state index is 9.55. The van der Waals surface area contributed by atoms with E-state index in [1.807, 2.05) is 20.8 Å². The number of hydrogen-bond acceptors (Lipinski definition) is 1. The second kappa shape index (κ2) is 3.91. The average molecular weight is 156 g/mol. The Bertz CT molecular complexity index is 128. The van der Waals surface area contributed by atoms with E-state index in [9.17, 15) is 5.11 Å². The summed E-state index contributed by atoms with van der Waals surface area (Å²) >= 11 is 0. The molecule has 0 aliphatic rings. The lowest BCUT2D eigenvalue weighted by atomic mass is 9.92. The van der Waals surface area contributed by atoms with Crippen LogP contribution < -0.4 is 0 Å². The van der Waals surface area contributed by atoms with Crippen molar-refractivity contribution in [1.82, 2.24) is 0 Å². The predicted octanol–water partition coefficient (Wildman–Crippen LogP) is 2.61. The number of rotatable bonds is 3. The second-order valence-electron chi connectivity index (χ2n) is 4.07. The van der Waals surface area contributed by atoms with E-state index in [0.29, 0.717) is 5.92 Å². The van der Waals surface area contributed by atoms with Crippen molar-refractivity contribution in [3.63, 3.8) is 0 Å². The highest BCUT2D eigenvalue weighted by Gasteiger charge is 2.18. The van der Waals surface area contributed by atoms with Crippen LogP contribution >= 0.6 is 0 Å². The predicted molar refractivity (Wildman–Crippen MR) is 49.4 cm³/mol. The van der Waals surface area contributed by atoms with Crippen molar-refractivity contribution < 1.29 is 5.11 Å². The summed E-state index contributed by atoms with van der Waals surface area (Å²) in [7, 11) is 0. The van der Waals surface area contributed by atoms with Gasteiger partial charge in [0.25, 0.3) is 0 Å². The Morgan fingerprint density at radius 2 is 1.55 bits per heavy atom. The van der Waals surface area contributed by atoms with E-state index < -0.39 is 5.60 Å². The summed E-state index contributed by atoms with van der Waals surface area (Å²) in [5, 5.41) is 9.55. The molecule has 0 aliphatic heterocycles. The first-order valence-electron chi connectivity index (χ1n) is 4.24. The Hall–Kier alpha value is -0.300. The largest absolute Gasteiger partial charge is 0.390 e. The van der Waals surface area contributed by atoms with Crippen molar-refractivity contribution in [2.75, 3.05) is 0 Å². The monoisotopic (exact) mass is 156 g/mol. The molecule has 0 aliphatic carbocycles. The molecule has 1 atom stereocenters. The smallest absolute Gasteiger partial charge is 0.0651 e. The van der Waals surface area contributed by atoms with Crippen molar-refractivity contribution in [3.05, 3.63) is 12.2 Å².